The largest absolute Gasteiger partial charge is 0.534 e. The van der Waals surface area contributed by atoms with Gasteiger partial charge in [-0.05, 0) is 107 Å². The molecule has 34 nitrogen and oxygen atoms in total. The summed E-state index contributed by atoms with van der Waals surface area (Å²) < 4.78 is 85.4. The van der Waals surface area contributed by atoms with Crippen LogP contribution in [0.25, 0.3) is 44.1 Å². The second-order valence-corrected chi connectivity index (χ2v) is 28.0. The number of hydrogen-bond acceptors (Lipinski definition) is 30. The van der Waals surface area contributed by atoms with Gasteiger partial charge in [0.15, 0.2) is 45.0 Å². The Bertz CT molecular complexity index is 6540. The molecule has 4 aromatic carbocycles. The quantitative estimate of drug-likeness (QED) is 0.0196. The molecule has 14 aromatic rings. The van der Waals surface area contributed by atoms with Gasteiger partial charge in [0.1, 0.15) is 57.5 Å². The molecule has 14 rings (SSSR count). The predicted octanol–water partition coefficient (Wildman–Crippen LogP) is 10.0. The molecule has 0 saturated carbocycles. The van der Waals surface area contributed by atoms with Crippen molar-refractivity contribution in [3.8, 4) is 11.5 Å². The lowest BCUT2D eigenvalue weighted by atomic mass is 10.1. The van der Waals surface area contributed by atoms with E-state index in [1.807, 2.05) is 124 Å². The van der Waals surface area contributed by atoms with Crippen LogP contribution in [0.3, 0.4) is 0 Å². The summed E-state index contributed by atoms with van der Waals surface area (Å²) in [7, 11) is -6.27. The Labute approximate surface area is 692 Å². The zero-order valence-electron chi connectivity index (χ0n) is 67.0. The summed E-state index contributed by atoms with van der Waals surface area (Å²) in [5, 5.41) is 18.0. The van der Waals surface area contributed by atoms with Crippen molar-refractivity contribution in [1.82, 2.24) is 68.8 Å². The number of hydrogen-bond donors (Lipinski definition) is 3. The van der Waals surface area contributed by atoms with E-state index in [4.69, 9.17) is 33.6 Å². The number of ether oxygens (including phenoxy) is 3. The molecular formula is C84H79F3N16O18S. The van der Waals surface area contributed by atoms with Gasteiger partial charge < -0.3 is 53.5 Å². The third-order valence-electron chi connectivity index (χ3n) is 17.7. The van der Waals surface area contributed by atoms with E-state index in [2.05, 4.69) is 70.7 Å². The molecule has 0 unspecified atom stereocenters. The van der Waals surface area contributed by atoms with Gasteiger partial charge in [0.25, 0.3) is 5.56 Å². The van der Waals surface area contributed by atoms with Crippen LogP contribution in [0, 0.1) is 41.5 Å². The van der Waals surface area contributed by atoms with Gasteiger partial charge in [0, 0.05) is 43.9 Å². The van der Waals surface area contributed by atoms with Crippen molar-refractivity contribution in [3.05, 3.63) is 315 Å². The summed E-state index contributed by atoms with van der Waals surface area (Å²) in [6.07, 6.45) is 12.1. The Balaban J connectivity index is 0.000000159. The van der Waals surface area contributed by atoms with Crippen molar-refractivity contribution >= 4 is 83.5 Å². The number of pyridine rings is 6. The maximum absolute atomic E-state index is 13.5. The van der Waals surface area contributed by atoms with Crippen LogP contribution in [-0.2, 0) is 63.8 Å². The molecule has 0 aliphatic rings. The van der Waals surface area contributed by atoms with E-state index in [0.29, 0.717) is 57.2 Å². The summed E-state index contributed by atoms with van der Waals surface area (Å²) >= 11 is 0. The van der Waals surface area contributed by atoms with Crippen LogP contribution >= 0.6 is 0 Å². The van der Waals surface area contributed by atoms with Crippen molar-refractivity contribution in [2.24, 2.45) is 0 Å². The standard InChI is InChI=1S/C25H25N5O4.C22H21N5O2.C19H16F3N3O7S.C18H17N3O5/c1-4-33-25(32)21-22(27-13-19-10-16(2)11-26-12-19)20-17(3)28-15-29-23(20)30(24(21)31)34-14-18-8-6-5-7-9-18;1-15-8-18(11-23-10-15)12-24-19-9-20(28)27(22-21(19)16(2)25-14-26-22)29-13-17-6-4-3-5-7-17;1-3-30-18(27)14-15(32-33(28,29)19(20,21)22)13-11(2)23-10-24-16(13)25(17(14)26)31-9-12-7-5-4-6-8-12;1-3-25-18(24)14-15(22)13-11(2)19-10-20-16(13)21(17(14)23)26-9-12-7-5-4-6-8-12/h5-12,15,27H,4,13-14H2,1-3H3;3-11,14,24H,12-13H2,1-2H3;4-8,10H,3,9H2,1-2H3;4-8,10,22H,3,9H2,1-2H3. The number of carbonyl (C=O) groups excluding carboxylic acids is 3. The number of nitrogens with zero attached hydrogens (tertiary/aromatic N) is 14. The highest BCUT2D eigenvalue weighted by Gasteiger charge is 2.50. The summed E-state index contributed by atoms with van der Waals surface area (Å²) in [5.74, 6) is -4.82. The summed E-state index contributed by atoms with van der Waals surface area (Å²) in [5.41, 5.74) is -0.533. The molecule has 0 radical (unpaired) electrons. The van der Waals surface area contributed by atoms with Crippen molar-refractivity contribution in [1.29, 1.82) is 0 Å². The first kappa shape index (κ1) is 87.7. The fraction of sp³-hybridized carbons (Fsp3) is 0.226. The highest BCUT2D eigenvalue weighted by atomic mass is 32.2. The number of aromatic nitrogens is 14. The maximum Gasteiger partial charge on any atom is 0.534 e. The van der Waals surface area contributed by atoms with Crippen LogP contribution in [0.15, 0.2) is 209 Å². The number of anilines is 2. The molecule has 0 bridgehead atoms. The van der Waals surface area contributed by atoms with Gasteiger partial charge in [0.2, 0.25) is 0 Å². The van der Waals surface area contributed by atoms with Gasteiger partial charge in [0.05, 0.1) is 75.5 Å². The summed E-state index contributed by atoms with van der Waals surface area (Å²) in [6, 6.07) is 42.3. The third-order valence-corrected chi connectivity index (χ3v) is 18.7. The molecular weight excluding hydrogens is 1610 g/mol. The topological polar surface area (TPSA) is 420 Å². The van der Waals surface area contributed by atoms with Crippen LogP contribution in [0.1, 0.15) is 119 Å². The Kier molecular flexibility index (Phi) is 28.7. The van der Waals surface area contributed by atoms with Gasteiger partial charge >= 0.3 is 50.2 Å². The second kappa shape index (κ2) is 39.9. The predicted molar refractivity (Wildman–Crippen MR) is 439 cm³/mol. The molecule has 630 valence electrons. The summed E-state index contributed by atoms with van der Waals surface area (Å²) in [4.78, 5) is 154. The van der Waals surface area contributed by atoms with E-state index < -0.39 is 83.9 Å². The zero-order chi connectivity index (χ0) is 87.4. The number of aromatic hydroxyl groups is 1. The van der Waals surface area contributed by atoms with E-state index in [-0.39, 0.29) is 79.7 Å². The first-order valence-electron chi connectivity index (χ1n) is 37.4. The van der Waals surface area contributed by atoms with Crippen molar-refractivity contribution < 1.29 is 78.8 Å². The van der Waals surface area contributed by atoms with Crippen LogP contribution in [-0.4, -0.2) is 126 Å². The highest BCUT2D eigenvalue weighted by molar-refractivity contribution is 7.88. The van der Waals surface area contributed by atoms with E-state index in [9.17, 15) is 60.3 Å². The lowest BCUT2D eigenvalue weighted by Crippen LogP contribution is -2.35. The molecule has 10 aromatic heterocycles. The minimum atomic E-state index is -6.27. The van der Waals surface area contributed by atoms with E-state index in [1.54, 1.807) is 76.6 Å². The Morgan fingerprint density at radius 2 is 0.762 bits per heavy atom. The minimum Gasteiger partial charge on any atom is -0.506 e. The molecule has 0 aliphatic heterocycles. The molecule has 0 fully saturated rings. The molecule has 0 amide bonds. The molecule has 0 atom stereocenters. The smallest absolute Gasteiger partial charge is 0.506 e. The van der Waals surface area contributed by atoms with Crippen LogP contribution < -0.4 is 56.4 Å². The Morgan fingerprint density at radius 3 is 1.18 bits per heavy atom. The first-order chi connectivity index (χ1) is 58.6. The lowest BCUT2D eigenvalue weighted by molar-refractivity contribution is -0.0500. The number of benzene rings is 4. The lowest BCUT2D eigenvalue weighted by Gasteiger charge is -2.18. The minimum absolute atomic E-state index is 0.0604. The number of carbonyl (C=O) groups is 3. The Morgan fingerprint density at radius 1 is 0.418 bits per heavy atom. The maximum atomic E-state index is 13.5. The number of esters is 3. The number of aryl methyl sites for hydroxylation is 6. The fourth-order valence-corrected chi connectivity index (χ4v) is 12.6. The molecule has 10 heterocycles. The summed E-state index contributed by atoms with van der Waals surface area (Å²) in [6.45, 7) is 16.2. The third kappa shape index (κ3) is 20.7. The average Bonchev–Trinajstić information content (AvgIpc) is 0.787. The molecule has 0 saturated heterocycles. The van der Waals surface area contributed by atoms with Crippen LogP contribution in [0.4, 0.5) is 24.5 Å². The normalized spacial score (nSPS) is 11.1. The van der Waals surface area contributed by atoms with Crippen molar-refractivity contribution in [3.63, 3.8) is 0 Å². The first-order valence-corrected chi connectivity index (χ1v) is 38.8. The molecule has 0 aliphatic carbocycles. The van der Waals surface area contributed by atoms with Gasteiger partial charge in [-0.2, -0.15) is 21.6 Å². The van der Waals surface area contributed by atoms with Gasteiger partial charge in [-0.1, -0.05) is 133 Å². The number of halogens is 3. The Hall–Kier alpha value is -15.1. The van der Waals surface area contributed by atoms with Crippen LogP contribution in [0.2, 0.25) is 0 Å². The number of fused-ring (bicyclic) bond motifs is 4. The average molecular weight is 1690 g/mol. The van der Waals surface area contributed by atoms with Gasteiger partial charge in [-0.3, -0.25) is 29.1 Å². The number of nitrogens with one attached hydrogen (secondary N) is 2. The fourth-order valence-electron chi connectivity index (χ4n) is 12.1. The zero-order valence-corrected chi connectivity index (χ0v) is 67.8. The van der Waals surface area contributed by atoms with E-state index in [1.165, 1.54) is 43.6 Å². The number of rotatable bonds is 26. The molecule has 122 heavy (non-hydrogen) atoms. The molecule has 0 spiro atoms. The van der Waals surface area contributed by atoms with Crippen LogP contribution in [0.5, 0.6) is 11.5 Å². The van der Waals surface area contributed by atoms with Gasteiger partial charge in [-0.25, -0.2) is 54.3 Å². The SMILES string of the molecule is CCOC(=O)c1c(NCc2cncc(C)c2)c2c(C)ncnc2n(OCc2ccccc2)c1=O.CCOC(=O)c1c(O)c2c(C)ncnc2n(OCc2ccccc2)c1=O.CCOC(=O)c1c(OS(=O)(=O)C(F)(F)F)c2c(C)ncnc2n(OCc2ccccc2)c1=O.Cc1cncc(CNc2cc(=O)n(OCc3ccccc3)c3ncnc(C)c23)c1. The van der Waals surface area contributed by atoms with Crippen molar-refractivity contribution in [2.45, 2.75) is 107 Å². The van der Waals surface area contributed by atoms with Crippen molar-refractivity contribution in [2.75, 3.05) is 30.5 Å². The second-order valence-electron chi connectivity index (χ2n) is 26.4. The van der Waals surface area contributed by atoms with E-state index >= 15 is 0 Å². The van der Waals surface area contributed by atoms with E-state index in [0.717, 1.165) is 65.8 Å². The molecule has 3 N–H and O–H groups in total. The monoisotopic (exact) mass is 1690 g/mol. The highest BCUT2D eigenvalue weighted by Crippen LogP contribution is 2.36. The number of alkyl halides is 3. The molecule has 38 heteroatoms. The van der Waals surface area contributed by atoms with Gasteiger partial charge in [-0.15, -0.1) is 18.9 Å².